The molecule has 2 aromatic heterocycles. The van der Waals surface area contributed by atoms with Gasteiger partial charge in [0, 0.05) is 49.7 Å². The number of carbonyl (C=O) groups is 3. The summed E-state index contributed by atoms with van der Waals surface area (Å²) in [5, 5.41) is 1.14. The molecule has 38 heavy (non-hydrogen) atoms. The Balaban J connectivity index is 1.40. The predicted molar refractivity (Wildman–Crippen MR) is 147 cm³/mol. The van der Waals surface area contributed by atoms with E-state index in [1.165, 1.54) is 4.90 Å². The van der Waals surface area contributed by atoms with Gasteiger partial charge in [-0.3, -0.25) is 24.3 Å². The van der Waals surface area contributed by atoms with E-state index in [-0.39, 0.29) is 42.4 Å². The second-order valence-electron chi connectivity index (χ2n) is 11.1. The van der Waals surface area contributed by atoms with Gasteiger partial charge in [-0.05, 0) is 46.7 Å². The van der Waals surface area contributed by atoms with E-state index in [0.717, 1.165) is 62.9 Å². The minimum absolute atomic E-state index is 0.0865. The molecule has 0 bridgehead atoms. The summed E-state index contributed by atoms with van der Waals surface area (Å²) in [6, 6.07) is 12.0. The lowest BCUT2D eigenvalue weighted by Gasteiger charge is -2.30. The third-order valence-corrected chi connectivity index (χ3v) is 8.94. The second-order valence-corrected chi connectivity index (χ2v) is 12.1. The van der Waals surface area contributed by atoms with Crippen molar-refractivity contribution >= 4 is 33.9 Å². The zero-order valence-corrected chi connectivity index (χ0v) is 22.6. The van der Waals surface area contributed by atoms with Crippen molar-refractivity contribution in [3.8, 4) is 22.4 Å². The first-order valence-corrected chi connectivity index (χ1v) is 14.0. The quantitative estimate of drug-likeness (QED) is 0.427. The maximum absolute atomic E-state index is 13.2. The van der Waals surface area contributed by atoms with Crippen LogP contribution in [0.4, 0.5) is 5.00 Å². The van der Waals surface area contributed by atoms with Crippen molar-refractivity contribution < 1.29 is 19.1 Å². The smallest absolute Gasteiger partial charge is 0.229 e. The van der Waals surface area contributed by atoms with Crippen LogP contribution < -0.4 is 4.90 Å². The minimum Gasteiger partial charge on any atom is -0.378 e. The molecule has 4 heterocycles. The topological polar surface area (TPSA) is 79.8 Å². The van der Waals surface area contributed by atoms with E-state index in [4.69, 9.17) is 4.74 Å². The average molecular weight is 530 g/mol. The van der Waals surface area contributed by atoms with Crippen LogP contribution in [0.5, 0.6) is 0 Å². The van der Waals surface area contributed by atoms with Crippen LogP contribution in [0.1, 0.15) is 53.9 Å². The maximum Gasteiger partial charge on any atom is 0.229 e. The molecule has 8 heteroatoms. The highest BCUT2D eigenvalue weighted by atomic mass is 32.1. The number of benzene rings is 1. The molecule has 3 aromatic rings. The van der Waals surface area contributed by atoms with Crippen LogP contribution >= 0.6 is 11.3 Å². The lowest BCUT2D eigenvalue weighted by molar-refractivity contribution is -0.139. The van der Waals surface area contributed by atoms with Crippen LogP contribution in [-0.4, -0.2) is 53.8 Å². The van der Waals surface area contributed by atoms with E-state index in [1.54, 1.807) is 11.3 Å². The van der Waals surface area contributed by atoms with Crippen LogP contribution in [0, 0.1) is 5.41 Å². The van der Waals surface area contributed by atoms with E-state index in [9.17, 15) is 14.4 Å². The van der Waals surface area contributed by atoms with Gasteiger partial charge in [-0.1, -0.05) is 32.0 Å². The summed E-state index contributed by atoms with van der Waals surface area (Å²) in [4.78, 5) is 46.7. The Morgan fingerprint density at radius 2 is 1.74 bits per heavy atom. The third-order valence-electron chi connectivity index (χ3n) is 7.60. The fourth-order valence-electron chi connectivity index (χ4n) is 5.74. The van der Waals surface area contributed by atoms with Crippen molar-refractivity contribution in [1.82, 2.24) is 9.88 Å². The van der Waals surface area contributed by atoms with E-state index < -0.39 is 0 Å². The van der Waals surface area contributed by atoms with E-state index in [0.29, 0.717) is 19.6 Å². The number of morpholine rings is 1. The zero-order chi connectivity index (χ0) is 26.4. The summed E-state index contributed by atoms with van der Waals surface area (Å²) < 4.78 is 5.61. The van der Waals surface area contributed by atoms with Gasteiger partial charge in [0.05, 0.1) is 35.3 Å². The summed E-state index contributed by atoms with van der Waals surface area (Å²) >= 11 is 1.63. The number of ketones is 1. The number of hydrogen-bond donors (Lipinski definition) is 0. The summed E-state index contributed by atoms with van der Waals surface area (Å²) in [5.74, 6) is 0.00161. The van der Waals surface area contributed by atoms with Gasteiger partial charge in [0.25, 0.3) is 0 Å². The number of aromatic nitrogens is 1. The number of anilines is 1. The van der Waals surface area contributed by atoms with Crippen LogP contribution in [0.3, 0.4) is 0 Å². The monoisotopic (exact) mass is 529 g/mol. The van der Waals surface area contributed by atoms with Crippen LogP contribution in [-0.2, 0) is 27.3 Å². The number of nitrogens with zero attached hydrogens (tertiary/aromatic N) is 3. The second kappa shape index (κ2) is 9.75. The molecule has 2 amide bonds. The van der Waals surface area contributed by atoms with Crippen molar-refractivity contribution in [1.29, 1.82) is 0 Å². The molecule has 2 fully saturated rings. The number of Topliss-reactive ketones (excluding diaryl/α,β-unsaturated/α-hetero) is 1. The van der Waals surface area contributed by atoms with E-state index >= 15 is 0 Å². The SMILES string of the molecule is CC1(C)CC(=O)c2sc(N3CCOCC3)c(-c3ccnc(-c4cccc(CN5C(=O)CCC5=O)c4)c3)c2C1. The van der Waals surface area contributed by atoms with Crippen molar-refractivity contribution in [2.45, 2.75) is 46.1 Å². The van der Waals surface area contributed by atoms with Gasteiger partial charge in [0.1, 0.15) is 0 Å². The lowest BCUT2D eigenvalue weighted by atomic mass is 9.75. The van der Waals surface area contributed by atoms with E-state index in [2.05, 4.69) is 29.8 Å². The number of pyridine rings is 1. The highest BCUT2D eigenvalue weighted by Gasteiger charge is 2.37. The first kappa shape index (κ1) is 24.9. The lowest BCUT2D eigenvalue weighted by Crippen LogP contribution is -2.36. The fraction of sp³-hybridized carbons (Fsp3) is 0.400. The van der Waals surface area contributed by atoms with Gasteiger partial charge in [-0.2, -0.15) is 0 Å². The Morgan fingerprint density at radius 3 is 2.50 bits per heavy atom. The maximum atomic E-state index is 13.2. The Hall–Kier alpha value is -3.36. The Morgan fingerprint density at radius 1 is 0.974 bits per heavy atom. The number of fused-ring (bicyclic) bond motifs is 1. The van der Waals surface area contributed by atoms with Gasteiger partial charge < -0.3 is 9.64 Å². The molecule has 0 radical (unpaired) electrons. The first-order chi connectivity index (χ1) is 18.3. The molecule has 1 aromatic carbocycles. The number of amides is 2. The molecule has 6 rings (SSSR count). The predicted octanol–water partition coefficient (Wildman–Crippen LogP) is 5.12. The molecule has 1 aliphatic carbocycles. The number of imide groups is 1. The Bertz CT molecular complexity index is 1420. The summed E-state index contributed by atoms with van der Waals surface area (Å²) in [7, 11) is 0. The van der Waals surface area contributed by atoms with Crippen LogP contribution in [0.15, 0.2) is 42.6 Å². The molecule has 0 atom stereocenters. The third kappa shape index (κ3) is 4.67. The number of ether oxygens (including phenoxy) is 1. The Labute approximate surface area is 226 Å². The normalized spacial score (nSPS) is 19.3. The van der Waals surface area contributed by atoms with E-state index in [1.807, 2.05) is 36.5 Å². The molecule has 0 spiro atoms. The molecule has 196 valence electrons. The van der Waals surface area contributed by atoms with Crippen molar-refractivity contribution in [2.24, 2.45) is 5.41 Å². The number of carbonyl (C=O) groups excluding carboxylic acids is 3. The molecule has 7 nitrogen and oxygen atoms in total. The summed E-state index contributed by atoms with van der Waals surface area (Å²) in [6.45, 7) is 7.58. The molecule has 0 N–H and O–H groups in total. The van der Waals surface area contributed by atoms with Crippen molar-refractivity contribution in [2.75, 3.05) is 31.2 Å². The molecule has 2 saturated heterocycles. The van der Waals surface area contributed by atoms with Gasteiger partial charge in [-0.25, -0.2) is 0 Å². The minimum atomic E-state index is -0.115. The fourth-order valence-corrected chi connectivity index (χ4v) is 7.07. The number of hydrogen-bond acceptors (Lipinski definition) is 7. The van der Waals surface area contributed by atoms with Crippen LogP contribution in [0.2, 0.25) is 0 Å². The summed E-state index contributed by atoms with van der Waals surface area (Å²) in [5.41, 5.74) is 5.89. The average Bonchev–Trinajstić information content (AvgIpc) is 3.44. The largest absolute Gasteiger partial charge is 0.378 e. The summed E-state index contributed by atoms with van der Waals surface area (Å²) in [6.07, 6.45) is 3.83. The Kier molecular flexibility index (Phi) is 6.40. The van der Waals surface area contributed by atoms with Gasteiger partial charge >= 0.3 is 0 Å². The highest BCUT2D eigenvalue weighted by molar-refractivity contribution is 7.19. The molecule has 0 saturated carbocycles. The van der Waals surface area contributed by atoms with Gasteiger partial charge in [-0.15, -0.1) is 11.3 Å². The van der Waals surface area contributed by atoms with Gasteiger partial charge in [0.15, 0.2) is 5.78 Å². The molecule has 3 aliphatic rings. The van der Waals surface area contributed by atoms with Crippen molar-refractivity contribution in [3.05, 3.63) is 58.6 Å². The molecular weight excluding hydrogens is 498 g/mol. The van der Waals surface area contributed by atoms with Crippen molar-refractivity contribution in [3.63, 3.8) is 0 Å². The molecule has 0 unspecified atom stereocenters. The zero-order valence-electron chi connectivity index (χ0n) is 21.8. The number of likely N-dealkylation sites (tertiary alicyclic amines) is 1. The number of rotatable bonds is 5. The number of thiophene rings is 1. The molecular formula is C30H31N3O4S. The standard InChI is InChI=1S/C30H31N3O4S/c1-30(2)16-22-27(29(32-10-12-37-13-11-32)38-28(22)24(34)17-30)21-8-9-31-23(15-21)20-5-3-4-19(14-20)18-33-25(35)6-7-26(33)36/h3-5,8-9,14-15H,6-7,10-13,16-18H2,1-2H3. The first-order valence-electron chi connectivity index (χ1n) is 13.2. The van der Waals surface area contributed by atoms with Gasteiger partial charge in [0.2, 0.25) is 11.8 Å². The highest BCUT2D eigenvalue weighted by Crippen LogP contribution is 2.49. The van der Waals surface area contributed by atoms with Crippen LogP contribution in [0.25, 0.3) is 22.4 Å². The molecule has 2 aliphatic heterocycles.